The number of benzene rings is 2. The monoisotopic (exact) mass is 773 g/mol. The number of pyridine rings is 1. The van der Waals surface area contributed by atoms with Crippen LogP contribution in [0.3, 0.4) is 0 Å². The highest BCUT2D eigenvalue weighted by molar-refractivity contribution is 7.91. The summed E-state index contributed by atoms with van der Waals surface area (Å²) in [6, 6.07) is 11.2. The van der Waals surface area contributed by atoms with Gasteiger partial charge in [-0.05, 0) is 79.6 Å². The van der Waals surface area contributed by atoms with E-state index in [0.717, 1.165) is 6.07 Å². The van der Waals surface area contributed by atoms with Gasteiger partial charge in [-0.2, -0.15) is 18.4 Å². The number of alkyl halides is 3. The molecule has 0 saturated carbocycles. The maximum Gasteiger partial charge on any atom is 0.417 e. The first kappa shape index (κ1) is 39.9. The molecule has 0 fully saturated rings. The van der Waals surface area contributed by atoms with E-state index in [1.807, 2.05) is 11.9 Å². The normalized spacial score (nSPS) is 15.8. The van der Waals surface area contributed by atoms with Crippen molar-refractivity contribution in [2.75, 3.05) is 46.2 Å². The molecule has 10 nitrogen and oxygen atoms in total. The van der Waals surface area contributed by atoms with Gasteiger partial charge in [0.2, 0.25) is 0 Å². The fourth-order valence-corrected chi connectivity index (χ4v) is 9.22. The number of rotatable bonds is 11. The first-order valence-electron chi connectivity index (χ1n) is 17.0. The minimum absolute atomic E-state index is 0.0120. The van der Waals surface area contributed by atoms with E-state index in [1.165, 1.54) is 30.2 Å². The van der Waals surface area contributed by atoms with Gasteiger partial charge in [0.05, 0.1) is 40.6 Å². The van der Waals surface area contributed by atoms with Crippen LogP contribution in [0, 0.1) is 24.1 Å². The third-order valence-corrected chi connectivity index (χ3v) is 16.6. The number of sulfone groups is 1. The Morgan fingerprint density at radius 3 is 2.40 bits per heavy atom. The quantitative estimate of drug-likeness (QED) is 0.115. The van der Waals surface area contributed by atoms with E-state index in [4.69, 9.17) is 9.16 Å². The average Bonchev–Trinajstić information content (AvgIpc) is 3.59. The van der Waals surface area contributed by atoms with E-state index in [-0.39, 0.29) is 35.1 Å². The lowest BCUT2D eigenvalue weighted by atomic mass is 9.99. The van der Waals surface area contributed by atoms with Gasteiger partial charge in [-0.25, -0.2) is 17.8 Å². The molecular formula is C37H43F4N5O5SSi. The van der Waals surface area contributed by atoms with E-state index < -0.39 is 63.9 Å². The van der Waals surface area contributed by atoms with Gasteiger partial charge in [0.1, 0.15) is 17.5 Å². The number of ether oxygens (including phenoxy) is 1. The second-order valence-electron chi connectivity index (χ2n) is 14.8. The van der Waals surface area contributed by atoms with Gasteiger partial charge in [-0.1, -0.05) is 32.9 Å². The average molecular weight is 774 g/mol. The van der Waals surface area contributed by atoms with E-state index in [0.29, 0.717) is 41.9 Å². The van der Waals surface area contributed by atoms with E-state index in [9.17, 15) is 36.0 Å². The molecule has 1 aliphatic heterocycles. The minimum atomic E-state index is -4.99. The number of carbonyl (C=O) groups excluding carboxylic acids is 1. The number of methoxy groups -OCH3 is 1. The zero-order valence-corrected chi connectivity index (χ0v) is 32.7. The highest BCUT2D eigenvalue weighted by Crippen LogP contribution is 2.45. The maximum absolute atomic E-state index is 15.0. The van der Waals surface area contributed by atoms with Crippen LogP contribution < -0.4 is 4.74 Å². The Balaban J connectivity index is 1.63. The van der Waals surface area contributed by atoms with Crippen LogP contribution in [0.2, 0.25) is 18.1 Å². The largest absolute Gasteiger partial charge is 0.482 e. The van der Waals surface area contributed by atoms with Crippen molar-refractivity contribution in [3.63, 3.8) is 0 Å². The number of carbonyl (C=O) groups is 1. The summed E-state index contributed by atoms with van der Waals surface area (Å²) in [5, 5.41) is 9.82. The number of aromatic nitrogens is 2. The molecule has 284 valence electrons. The summed E-state index contributed by atoms with van der Waals surface area (Å²) >= 11 is 0. The summed E-state index contributed by atoms with van der Waals surface area (Å²) in [4.78, 5) is 22.1. The molecule has 1 amide bonds. The first-order chi connectivity index (χ1) is 24.6. The molecule has 1 aliphatic rings. The van der Waals surface area contributed by atoms with Crippen LogP contribution in [0.25, 0.3) is 16.9 Å². The molecule has 16 heteroatoms. The number of aryl methyl sites for hydroxylation is 1. The lowest BCUT2D eigenvalue weighted by Gasteiger charge is -2.36. The van der Waals surface area contributed by atoms with Crippen molar-refractivity contribution in [1.29, 1.82) is 5.26 Å². The summed E-state index contributed by atoms with van der Waals surface area (Å²) < 4.78 is 97.2. The summed E-state index contributed by atoms with van der Waals surface area (Å²) in [5.74, 6) is -1.62. The number of imidazole rings is 1. The molecular weight excluding hydrogens is 731 g/mol. The third kappa shape index (κ3) is 7.70. The molecule has 1 unspecified atom stereocenters. The molecule has 53 heavy (non-hydrogen) atoms. The second-order valence-corrected chi connectivity index (χ2v) is 21.5. The smallest absolute Gasteiger partial charge is 0.417 e. The number of fused-ring (bicyclic) bond motifs is 2. The van der Waals surface area contributed by atoms with Gasteiger partial charge in [0.15, 0.2) is 29.7 Å². The van der Waals surface area contributed by atoms with Gasteiger partial charge >= 0.3 is 6.18 Å². The van der Waals surface area contributed by atoms with Crippen LogP contribution in [0.4, 0.5) is 17.6 Å². The predicted octanol–water partition coefficient (Wildman–Crippen LogP) is 7.27. The number of hydrogen-bond donors (Lipinski definition) is 0. The number of nitriles is 1. The molecule has 0 aliphatic carbocycles. The van der Waals surface area contributed by atoms with E-state index in [1.54, 1.807) is 35.6 Å². The Hall–Kier alpha value is -4.30. The Morgan fingerprint density at radius 1 is 1.09 bits per heavy atom. The first-order valence-corrected chi connectivity index (χ1v) is 21.5. The molecule has 0 bridgehead atoms. The lowest BCUT2D eigenvalue weighted by molar-refractivity contribution is -0.138. The second kappa shape index (κ2) is 14.5. The highest BCUT2D eigenvalue weighted by atomic mass is 32.2. The Morgan fingerprint density at radius 2 is 1.79 bits per heavy atom. The van der Waals surface area contributed by atoms with Crippen molar-refractivity contribution in [1.82, 2.24) is 19.2 Å². The lowest BCUT2D eigenvalue weighted by Crippen LogP contribution is -2.44. The zero-order chi connectivity index (χ0) is 39.3. The van der Waals surface area contributed by atoms with Crippen LogP contribution >= 0.6 is 0 Å². The fraction of sp³-hybridized carbons (Fsp3) is 0.432. The standard InChI is InChI=1S/C37H43F4N5O5SSi/c1-23-20-24(12-15-28(23)38)33-32(43-30-10-9-11-31(50-6)46(30)33)35(47)45(17-16-44(5)18-19-51-53(7,8)36(2,3)4)29-22-52(48,49)34-25(29)13-14-27(26(34)21-42)37(39,40)41/h9-15,20,29H,16-19,22H2,1-8H3. The van der Waals surface area contributed by atoms with Gasteiger partial charge in [-0.15, -0.1) is 0 Å². The summed E-state index contributed by atoms with van der Waals surface area (Å²) in [5.41, 5.74) is -1.30. The topological polar surface area (TPSA) is 117 Å². The molecule has 0 N–H and O–H groups in total. The Labute approximate surface area is 308 Å². The van der Waals surface area contributed by atoms with Gasteiger partial charge < -0.3 is 19.0 Å². The summed E-state index contributed by atoms with van der Waals surface area (Å²) in [6.45, 7) is 13.3. The zero-order valence-electron chi connectivity index (χ0n) is 30.9. The van der Waals surface area contributed by atoms with Crippen molar-refractivity contribution in [3.05, 3.63) is 82.3 Å². The minimum Gasteiger partial charge on any atom is -0.482 e. The SMILES string of the molecule is COc1cccc2nc(C(=O)N(CCN(C)CCO[Si](C)(C)C(C)(C)C)C3CS(=O)(=O)c4c3ccc(C(F)(F)F)c4C#N)c(-c3ccc(F)c(C)c3)n12. The summed E-state index contributed by atoms with van der Waals surface area (Å²) in [7, 11) is -3.26. The van der Waals surface area contributed by atoms with Crippen molar-refractivity contribution in [2.24, 2.45) is 0 Å². The molecule has 0 radical (unpaired) electrons. The van der Waals surface area contributed by atoms with Gasteiger partial charge in [-0.3, -0.25) is 9.20 Å². The molecule has 3 heterocycles. The number of amides is 1. The molecule has 4 aromatic rings. The van der Waals surface area contributed by atoms with Crippen molar-refractivity contribution in [2.45, 2.75) is 62.9 Å². The summed E-state index contributed by atoms with van der Waals surface area (Å²) in [6.07, 6.45) is -4.99. The van der Waals surface area contributed by atoms with Crippen LogP contribution in [-0.2, 0) is 20.4 Å². The van der Waals surface area contributed by atoms with E-state index >= 15 is 0 Å². The predicted molar refractivity (Wildman–Crippen MR) is 195 cm³/mol. The molecule has 1 atom stereocenters. The van der Waals surface area contributed by atoms with Crippen molar-refractivity contribution >= 4 is 29.7 Å². The number of halogens is 4. The molecule has 2 aromatic carbocycles. The van der Waals surface area contributed by atoms with Gasteiger partial charge in [0, 0.05) is 31.8 Å². The van der Waals surface area contributed by atoms with Crippen LogP contribution in [0.15, 0.2) is 53.4 Å². The number of hydrogen-bond acceptors (Lipinski definition) is 8. The molecule has 5 rings (SSSR count). The third-order valence-electron chi connectivity index (χ3n) is 10.2. The van der Waals surface area contributed by atoms with Crippen molar-refractivity contribution < 1.29 is 39.9 Å². The van der Waals surface area contributed by atoms with Crippen LogP contribution in [-0.4, -0.2) is 88.0 Å². The fourth-order valence-electron chi connectivity index (χ4n) is 6.21. The van der Waals surface area contributed by atoms with E-state index in [2.05, 4.69) is 38.8 Å². The van der Waals surface area contributed by atoms with Crippen LogP contribution in [0.5, 0.6) is 5.88 Å². The maximum atomic E-state index is 15.0. The van der Waals surface area contributed by atoms with Crippen LogP contribution in [0.1, 0.15) is 59.6 Å². The molecule has 0 spiro atoms. The van der Waals surface area contributed by atoms with Crippen molar-refractivity contribution in [3.8, 4) is 23.2 Å². The highest BCUT2D eigenvalue weighted by Gasteiger charge is 2.46. The Kier molecular flexibility index (Phi) is 10.9. The molecule has 2 aromatic heterocycles. The number of likely N-dealkylation sites (N-methyl/N-ethyl adjacent to an activating group) is 1. The van der Waals surface area contributed by atoms with Gasteiger partial charge in [0.25, 0.3) is 5.91 Å². The number of nitrogens with zero attached hydrogens (tertiary/aromatic N) is 5. The molecule has 0 saturated heterocycles. The Bertz CT molecular complexity index is 2210.